The second-order valence-corrected chi connectivity index (χ2v) is 7.53. The van der Waals surface area contributed by atoms with E-state index in [1.165, 1.54) is 0 Å². The van der Waals surface area contributed by atoms with Gasteiger partial charge in [0.25, 0.3) is 5.79 Å². The largest absolute Gasteiger partial charge is 0.490 e. The standard InChI is InChI=1S/C26H26O7/c1-19-18-23(12-13-24(19)26(25(27)28)31-14-5-15-32-26)30-17-16-29-20-8-10-22(11-9-20)33-21-6-3-2-4-7-21/h2-4,6-13,18H,5,14-17H2,1H3,(H,27,28). The minimum absolute atomic E-state index is 0.331. The number of para-hydroxylation sites is 1. The highest BCUT2D eigenvalue weighted by atomic mass is 16.7. The molecule has 1 fully saturated rings. The maximum Gasteiger partial charge on any atom is 0.369 e. The fourth-order valence-corrected chi connectivity index (χ4v) is 3.57. The van der Waals surface area contributed by atoms with Gasteiger partial charge in [0.1, 0.15) is 36.2 Å². The second-order valence-electron chi connectivity index (χ2n) is 7.53. The Balaban J connectivity index is 1.28. The molecule has 0 spiro atoms. The molecule has 0 radical (unpaired) electrons. The third-order valence-electron chi connectivity index (χ3n) is 5.16. The number of ether oxygens (including phenoxy) is 5. The van der Waals surface area contributed by atoms with Crippen LogP contribution in [0.5, 0.6) is 23.0 Å². The van der Waals surface area contributed by atoms with Crippen molar-refractivity contribution in [1.82, 2.24) is 0 Å². The van der Waals surface area contributed by atoms with Gasteiger partial charge in [-0.15, -0.1) is 0 Å². The zero-order valence-electron chi connectivity index (χ0n) is 18.4. The molecule has 1 N–H and O–H groups in total. The summed E-state index contributed by atoms with van der Waals surface area (Å²) in [6.07, 6.45) is 0.665. The molecule has 7 nitrogen and oxygen atoms in total. The molecule has 0 atom stereocenters. The van der Waals surface area contributed by atoms with Crippen LogP contribution in [-0.2, 0) is 20.1 Å². The average molecular weight is 450 g/mol. The van der Waals surface area contributed by atoms with Gasteiger partial charge < -0.3 is 28.8 Å². The van der Waals surface area contributed by atoms with Crippen LogP contribution in [0, 0.1) is 6.92 Å². The Morgan fingerprint density at radius 2 is 1.42 bits per heavy atom. The summed E-state index contributed by atoms with van der Waals surface area (Å²) in [4.78, 5) is 11.9. The molecule has 33 heavy (non-hydrogen) atoms. The molecule has 0 unspecified atom stereocenters. The Kier molecular flexibility index (Phi) is 7.12. The summed E-state index contributed by atoms with van der Waals surface area (Å²) in [5, 5.41) is 9.70. The normalized spacial score (nSPS) is 14.9. The highest BCUT2D eigenvalue weighted by Gasteiger charge is 2.46. The van der Waals surface area contributed by atoms with E-state index in [0.717, 1.165) is 11.5 Å². The van der Waals surface area contributed by atoms with E-state index in [4.69, 9.17) is 23.7 Å². The van der Waals surface area contributed by atoms with Crippen molar-refractivity contribution < 1.29 is 33.6 Å². The summed E-state index contributed by atoms with van der Waals surface area (Å²) in [5.41, 5.74) is 1.18. The van der Waals surface area contributed by atoms with Crippen molar-refractivity contribution in [1.29, 1.82) is 0 Å². The number of carboxylic acid groups (broad SMARTS) is 1. The van der Waals surface area contributed by atoms with Crippen LogP contribution in [0.25, 0.3) is 0 Å². The second kappa shape index (κ2) is 10.4. The van der Waals surface area contributed by atoms with E-state index in [9.17, 15) is 9.90 Å². The van der Waals surface area contributed by atoms with Gasteiger partial charge in [0.15, 0.2) is 0 Å². The maximum absolute atomic E-state index is 11.9. The van der Waals surface area contributed by atoms with E-state index in [1.807, 2.05) is 61.5 Å². The number of aliphatic carboxylic acids is 1. The minimum atomic E-state index is -1.76. The van der Waals surface area contributed by atoms with E-state index in [2.05, 4.69) is 0 Å². The van der Waals surface area contributed by atoms with Crippen LogP contribution >= 0.6 is 0 Å². The van der Waals surface area contributed by atoms with Gasteiger partial charge in [-0.3, -0.25) is 0 Å². The molecule has 1 aliphatic heterocycles. The molecule has 172 valence electrons. The third-order valence-corrected chi connectivity index (χ3v) is 5.16. The summed E-state index contributed by atoms with van der Waals surface area (Å²) in [6.45, 7) is 3.16. The Labute approximate surface area is 192 Å². The minimum Gasteiger partial charge on any atom is -0.490 e. The van der Waals surface area contributed by atoms with Gasteiger partial charge in [-0.25, -0.2) is 4.79 Å². The molecule has 1 heterocycles. The van der Waals surface area contributed by atoms with Crippen LogP contribution in [0.2, 0.25) is 0 Å². The summed E-state index contributed by atoms with van der Waals surface area (Å²) < 4.78 is 28.3. The molecule has 3 aromatic carbocycles. The van der Waals surface area contributed by atoms with Crippen LogP contribution in [-0.4, -0.2) is 37.5 Å². The summed E-state index contributed by atoms with van der Waals surface area (Å²) in [5.74, 6) is -0.0986. The Morgan fingerprint density at radius 3 is 2.06 bits per heavy atom. The number of carbonyl (C=O) groups is 1. The van der Waals surface area contributed by atoms with Crippen LogP contribution in [0.4, 0.5) is 0 Å². The molecular weight excluding hydrogens is 424 g/mol. The van der Waals surface area contributed by atoms with Gasteiger partial charge in [-0.05, 0) is 73.5 Å². The first-order valence-corrected chi connectivity index (χ1v) is 10.8. The molecule has 4 rings (SSSR count). The lowest BCUT2D eigenvalue weighted by molar-refractivity contribution is -0.273. The number of rotatable bonds is 9. The van der Waals surface area contributed by atoms with Crippen molar-refractivity contribution in [2.45, 2.75) is 19.1 Å². The van der Waals surface area contributed by atoms with Crippen molar-refractivity contribution in [2.24, 2.45) is 0 Å². The van der Waals surface area contributed by atoms with Crippen molar-refractivity contribution >= 4 is 5.97 Å². The molecule has 0 aromatic heterocycles. The van der Waals surface area contributed by atoms with E-state index < -0.39 is 11.8 Å². The molecule has 0 amide bonds. The summed E-state index contributed by atoms with van der Waals surface area (Å²) >= 11 is 0. The first-order valence-electron chi connectivity index (χ1n) is 10.8. The van der Waals surface area contributed by atoms with Gasteiger partial charge in [0.2, 0.25) is 0 Å². The molecular formula is C26H26O7. The fourth-order valence-electron chi connectivity index (χ4n) is 3.57. The Hall–Kier alpha value is -3.55. The zero-order chi connectivity index (χ0) is 23.1. The highest BCUT2D eigenvalue weighted by molar-refractivity contribution is 5.78. The first kappa shape index (κ1) is 22.6. The lowest BCUT2D eigenvalue weighted by Gasteiger charge is -2.34. The topological polar surface area (TPSA) is 83.5 Å². The Bertz CT molecular complexity index is 1060. The Morgan fingerprint density at radius 1 is 0.848 bits per heavy atom. The SMILES string of the molecule is Cc1cc(OCCOc2ccc(Oc3ccccc3)cc2)ccc1C1(C(=O)O)OCCCO1. The van der Waals surface area contributed by atoms with Gasteiger partial charge in [-0.2, -0.15) is 0 Å². The van der Waals surface area contributed by atoms with Crippen molar-refractivity contribution in [3.05, 3.63) is 83.9 Å². The fraction of sp³-hybridized carbons (Fsp3) is 0.269. The molecule has 0 bridgehead atoms. The van der Waals surface area contributed by atoms with Crippen molar-refractivity contribution in [2.75, 3.05) is 26.4 Å². The van der Waals surface area contributed by atoms with Crippen LogP contribution in [0.3, 0.4) is 0 Å². The maximum atomic E-state index is 11.9. The number of hydrogen-bond donors (Lipinski definition) is 1. The van der Waals surface area contributed by atoms with Crippen molar-refractivity contribution in [3.63, 3.8) is 0 Å². The average Bonchev–Trinajstić information content (AvgIpc) is 2.84. The van der Waals surface area contributed by atoms with E-state index in [-0.39, 0.29) is 0 Å². The van der Waals surface area contributed by atoms with Gasteiger partial charge >= 0.3 is 5.97 Å². The monoisotopic (exact) mass is 450 g/mol. The first-order chi connectivity index (χ1) is 16.1. The summed E-state index contributed by atoms with van der Waals surface area (Å²) in [6, 6.07) is 22.1. The van der Waals surface area contributed by atoms with Crippen LogP contribution in [0.15, 0.2) is 72.8 Å². The smallest absolute Gasteiger partial charge is 0.369 e. The molecule has 1 aliphatic rings. The zero-order valence-corrected chi connectivity index (χ0v) is 18.4. The number of aryl methyl sites for hydroxylation is 1. The molecule has 7 heteroatoms. The molecule has 0 aliphatic carbocycles. The van der Waals surface area contributed by atoms with Crippen LogP contribution in [0.1, 0.15) is 17.5 Å². The predicted octanol–water partition coefficient (Wildman–Crippen LogP) is 4.92. The molecule has 0 saturated carbocycles. The van der Waals surface area contributed by atoms with Crippen LogP contribution < -0.4 is 14.2 Å². The number of hydrogen-bond acceptors (Lipinski definition) is 6. The van der Waals surface area contributed by atoms with Gasteiger partial charge in [-0.1, -0.05) is 18.2 Å². The molecule has 3 aromatic rings. The van der Waals surface area contributed by atoms with E-state index in [0.29, 0.717) is 55.5 Å². The quantitative estimate of drug-likeness (QED) is 0.463. The van der Waals surface area contributed by atoms with Gasteiger partial charge in [0.05, 0.1) is 13.2 Å². The van der Waals surface area contributed by atoms with Gasteiger partial charge in [0, 0.05) is 5.56 Å². The lowest BCUT2D eigenvalue weighted by Crippen LogP contribution is -2.45. The van der Waals surface area contributed by atoms with Crippen molar-refractivity contribution in [3.8, 4) is 23.0 Å². The summed E-state index contributed by atoms with van der Waals surface area (Å²) in [7, 11) is 0. The lowest BCUT2D eigenvalue weighted by atomic mass is 9.99. The number of benzene rings is 3. The van der Waals surface area contributed by atoms with E-state index in [1.54, 1.807) is 18.2 Å². The highest BCUT2D eigenvalue weighted by Crippen LogP contribution is 2.35. The van der Waals surface area contributed by atoms with E-state index >= 15 is 0 Å². The number of carboxylic acids is 1. The predicted molar refractivity (Wildman–Crippen MR) is 121 cm³/mol. The molecule has 1 saturated heterocycles. The third kappa shape index (κ3) is 5.45.